The number of benzene rings is 1. The molecule has 3 nitrogen and oxygen atoms in total. The molecule has 0 aromatic heterocycles. The Bertz CT molecular complexity index is 406. The Morgan fingerprint density at radius 3 is 2.65 bits per heavy atom. The summed E-state index contributed by atoms with van der Waals surface area (Å²) in [6.07, 6.45) is 3.65. The maximum absolute atomic E-state index is 5.48. The molecule has 2 saturated heterocycles. The van der Waals surface area contributed by atoms with E-state index in [-0.39, 0.29) is 0 Å². The SMILES string of the molecule is CN1CCC(CNC2CCOC2)(c2ccccc2)CC1. The Kier molecular flexibility index (Phi) is 4.39. The minimum absolute atomic E-state index is 0.302. The summed E-state index contributed by atoms with van der Waals surface area (Å²) in [5, 5.41) is 3.76. The lowest BCUT2D eigenvalue weighted by Gasteiger charge is -2.42. The lowest BCUT2D eigenvalue weighted by Crippen LogP contribution is -2.49. The number of ether oxygens (including phenoxy) is 1. The lowest BCUT2D eigenvalue weighted by molar-refractivity contribution is 0.169. The lowest BCUT2D eigenvalue weighted by atomic mass is 9.72. The van der Waals surface area contributed by atoms with Crippen molar-refractivity contribution in [2.24, 2.45) is 0 Å². The van der Waals surface area contributed by atoms with Gasteiger partial charge in [-0.25, -0.2) is 0 Å². The fraction of sp³-hybridized carbons (Fsp3) is 0.647. The van der Waals surface area contributed by atoms with Crippen LogP contribution in [0.25, 0.3) is 0 Å². The third kappa shape index (κ3) is 3.05. The normalized spacial score (nSPS) is 26.8. The second kappa shape index (κ2) is 6.25. The van der Waals surface area contributed by atoms with Crippen LogP contribution in [0.3, 0.4) is 0 Å². The van der Waals surface area contributed by atoms with Crippen molar-refractivity contribution in [1.29, 1.82) is 0 Å². The average Bonchev–Trinajstić information content (AvgIpc) is 3.01. The topological polar surface area (TPSA) is 24.5 Å². The number of likely N-dealkylation sites (tertiary alicyclic amines) is 1. The van der Waals surface area contributed by atoms with E-state index in [9.17, 15) is 0 Å². The second-order valence-corrected chi connectivity index (χ2v) is 6.39. The van der Waals surface area contributed by atoms with Crippen LogP contribution in [0.4, 0.5) is 0 Å². The molecule has 1 aromatic carbocycles. The molecule has 0 spiro atoms. The van der Waals surface area contributed by atoms with Crippen molar-refractivity contribution in [2.45, 2.75) is 30.7 Å². The standard InChI is InChI=1S/C17H26N2O/c1-19-10-8-17(9-11-19,15-5-3-2-4-6-15)14-18-16-7-12-20-13-16/h2-6,16,18H,7-14H2,1H3. The Morgan fingerprint density at radius 2 is 2.00 bits per heavy atom. The summed E-state index contributed by atoms with van der Waals surface area (Å²) in [6, 6.07) is 11.6. The molecule has 2 heterocycles. The van der Waals surface area contributed by atoms with Gasteiger partial charge in [0.2, 0.25) is 0 Å². The highest BCUT2D eigenvalue weighted by Gasteiger charge is 2.35. The van der Waals surface area contributed by atoms with Crippen LogP contribution in [-0.4, -0.2) is 50.8 Å². The predicted octanol–water partition coefficient (Wildman–Crippen LogP) is 2.03. The van der Waals surface area contributed by atoms with Crippen LogP contribution in [-0.2, 0) is 10.2 Å². The van der Waals surface area contributed by atoms with Crippen molar-refractivity contribution in [1.82, 2.24) is 10.2 Å². The summed E-state index contributed by atoms with van der Waals surface area (Å²) in [4.78, 5) is 2.44. The molecule has 110 valence electrons. The van der Waals surface area contributed by atoms with Gasteiger partial charge >= 0.3 is 0 Å². The summed E-state index contributed by atoms with van der Waals surface area (Å²) < 4.78 is 5.48. The van der Waals surface area contributed by atoms with Crippen molar-refractivity contribution in [3.8, 4) is 0 Å². The quantitative estimate of drug-likeness (QED) is 0.909. The molecule has 0 aliphatic carbocycles. The van der Waals surface area contributed by atoms with Gasteiger partial charge in [-0.3, -0.25) is 0 Å². The van der Waals surface area contributed by atoms with Gasteiger partial charge in [0.1, 0.15) is 0 Å². The first-order chi connectivity index (χ1) is 9.78. The van der Waals surface area contributed by atoms with Crippen molar-refractivity contribution < 1.29 is 4.74 Å². The van der Waals surface area contributed by atoms with Gasteiger partial charge in [0.15, 0.2) is 0 Å². The maximum atomic E-state index is 5.48. The van der Waals surface area contributed by atoms with E-state index < -0.39 is 0 Å². The molecule has 2 aliphatic rings. The fourth-order valence-electron chi connectivity index (χ4n) is 3.44. The van der Waals surface area contributed by atoms with Crippen LogP contribution < -0.4 is 5.32 Å². The van der Waals surface area contributed by atoms with Crippen LogP contribution >= 0.6 is 0 Å². The maximum Gasteiger partial charge on any atom is 0.0620 e. The molecule has 0 amide bonds. The van der Waals surface area contributed by atoms with Gasteiger partial charge in [-0.1, -0.05) is 30.3 Å². The van der Waals surface area contributed by atoms with Gasteiger partial charge in [-0.05, 0) is 45.0 Å². The molecule has 1 atom stereocenters. The highest BCUT2D eigenvalue weighted by molar-refractivity contribution is 5.27. The third-order valence-corrected chi connectivity index (χ3v) is 4.99. The van der Waals surface area contributed by atoms with Crippen molar-refractivity contribution in [2.75, 3.05) is 39.9 Å². The zero-order valence-corrected chi connectivity index (χ0v) is 12.5. The van der Waals surface area contributed by atoms with E-state index in [1.54, 1.807) is 0 Å². The van der Waals surface area contributed by atoms with Crippen LogP contribution in [0.5, 0.6) is 0 Å². The van der Waals surface area contributed by atoms with Crippen molar-refractivity contribution in [3.05, 3.63) is 35.9 Å². The van der Waals surface area contributed by atoms with E-state index in [0.29, 0.717) is 11.5 Å². The first-order valence-electron chi connectivity index (χ1n) is 7.84. The number of hydrogen-bond acceptors (Lipinski definition) is 3. The molecule has 0 bridgehead atoms. The molecular formula is C17H26N2O. The van der Waals surface area contributed by atoms with Crippen LogP contribution in [0.15, 0.2) is 30.3 Å². The summed E-state index contributed by atoms with van der Waals surface area (Å²) >= 11 is 0. The highest BCUT2D eigenvalue weighted by Crippen LogP contribution is 2.34. The predicted molar refractivity (Wildman–Crippen MR) is 82.1 cm³/mol. The molecule has 0 radical (unpaired) electrons. The summed E-state index contributed by atoms with van der Waals surface area (Å²) in [5.41, 5.74) is 1.80. The van der Waals surface area contributed by atoms with Gasteiger partial charge in [0, 0.05) is 24.6 Å². The molecule has 2 fully saturated rings. The largest absolute Gasteiger partial charge is 0.380 e. The molecular weight excluding hydrogens is 248 g/mol. The van der Waals surface area contributed by atoms with Gasteiger partial charge < -0.3 is 15.0 Å². The number of hydrogen-bond donors (Lipinski definition) is 1. The van der Waals surface area contributed by atoms with E-state index in [1.165, 1.54) is 31.5 Å². The fourth-order valence-corrected chi connectivity index (χ4v) is 3.44. The minimum atomic E-state index is 0.302. The smallest absolute Gasteiger partial charge is 0.0620 e. The van der Waals surface area contributed by atoms with Gasteiger partial charge in [-0.15, -0.1) is 0 Å². The summed E-state index contributed by atoms with van der Waals surface area (Å²) in [5.74, 6) is 0. The number of piperidine rings is 1. The Labute approximate surface area is 122 Å². The number of nitrogens with one attached hydrogen (secondary N) is 1. The highest BCUT2D eigenvalue weighted by atomic mass is 16.5. The summed E-state index contributed by atoms with van der Waals surface area (Å²) in [6.45, 7) is 5.26. The number of nitrogens with zero attached hydrogens (tertiary/aromatic N) is 1. The second-order valence-electron chi connectivity index (χ2n) is 6.39. The van der Waals surface area contributed by atoms with Crippen LogP contribution in [0, 0.1) is 0 Å². The minimum Gasteiger partial charge on any atom is -0.380 e. The van der Waals surface area contributed by atoms with E-state index in [0.717, 1.165) is 26.2 Å². The monoisotopic (exact) mass is 274 g/mol. The Hall–Kier alpha value is -0.900. The van der Waals surface area contributed by atoms with E-state index in [4.69, 9.17) is 4.74 Å². The first kappa shape index (κ1) is 14.1. The molecule has 3 heteroatoms. The molecule has 0 saturated carbocycles. The number of rotatable bonds is 4. The molecule has 1 N–H and O–H groups in total. The van der Waals surface area contributed by atoms with Crippen LogP contribution in [0.1, 0.15) is 24.8 Å². The van der Waals surface area contributed by atoms with Crippen molar-refractivity contribution >= 4 is 0 Å². The third-order valence-electron chi connectivity index (χ3n) is 4.99. The zero-order valence-electron chi connectivity index (χ0n) is 12.5. The molecule has 2 aliphatic heterocycles. The average molecular weight is 274 g/mol. The van der Waals surface area contributed by atoms with E-state index >= 15 is 0 Å². The zero-order chi connectivity index (χ0) is 13.8. The van der Waals surface area contributed by atoms with Crippen molar-refractivity contribution in [3.63, 3.8) is 0 Å². The first-order valence-corrected chi connectivity index (χ1v) is 7.84. The summed E-state index contributed by atoms with van der Waals surface area (Å²) in [7, 11) is 2.23. The van der Waals surface area contributed by atoms with Gasteiger partial charge in [0.25, 0.3) is 0 Å². The van der Waals surface area contributed by atoms with Gasteiger partial charge in [-0.2, -0.15) is 0 Å². The van der Waals surface area contributed by atoms with Crippen LogP contribution in [0.2, 0.25) is 0 Å². The molecule has 3 rings (SSSR count). The molecule has 20 heavy (non-hydrogen) atoms. The Morgan fingerprint density at radius 1 is 1.25 bits per heavy atom. The van der Waals surface area contributed by atoms with Gasteiger partial charge in [0.05, 0.1) is 6.61 Å². The molecule has 1 aromatic rings. The van der Waals surface area contributed by atoms with E-state index in [1.807, 2.05) is 0 Å². The van der Waals surface area contributed by atoms with E-state index in [2.05, 4.69) is 47.6 Å². The molecule has 1 unspecified atom stereocenters. The Balaban J connectivity index is 1.73.